The van der Waals surface area contributed by atoms with E-state index in [1.165, 1.54) is 12.3 Å². The highest BCUT2D eigenvalue weighted by molar-refractivity contribution is 5.89. The van der Waals surface area contributed by atoms with E-state index in [4.69, 9.17) is 5.73 Å². The highest BCUT2D eigenvalue weighted by Gasteiger charge is 2.24. The van der Waals surface area contributed by atoms with Gasteiger partial charge in [0.15, 0.2) is 11.6 Å². The first-order valence-electron chi connectivity index (χ1n) is 8.70. The molecule has 5 N–H and O–H groups in total. The van der Waals surface area contributed by atoms with E-state index in [9.17, 15) is 23.5 Å². The first-order valence-corrected chi connectivity index (χ1v) is 8.70. The predicted octanol–water partition coefficient (Wildman–Crippen LogP) is 1.06. The summed E-state index contributed by atoms with van der Waals surface area (Å²) in [6.07, 6.45) is 0.314. The number of aliphatic hydroxyl groups is 1. The molecule has 2 atom stereocenters. The van der Waals surface area contributed by atoms with Crippen molar-refractivity contribution in [3.63, 3.8) is 0 Å². The van der Waals surface area contributed by atoms with E-state index in [0.29, 0.717) is 16.9 Å². The van der Waals surface area contributed by atoms with Crippen LogP contribution in [0.5, 0.6) is 0 Å². The molecule has 0 aliphatic heterocycles. The standard InChI is InChI=1S/C19H22F2N4O3/c1-2-16(26)19(28)25-15(8-11-3-5-13(20)14(21)7-11)18(27)24-10-12-4-6-17(22)23-9-12/h3-7,9,15-16,26H,2,8,10H2,1H3,(H2,22,23)(H,24,27)(H,25,28)/t15-,16+/m0/s1. The molecule has 1 heterocycles. The second-order valence-corrected chi connectivity index (χ2v) is 6.25. The number of aliphatic hydroxyl groups excluding tert-OH is 1. The van der Waals surface area contributed by atoms with Crippen molar-refractivity contribution in [1.29, 1.82) is 0 Å². The first kappa shape index (κ1) is 21.2. The Bertz CT molecular complexity index is 830. The maximum absolute atomic E-state index is 13.5. The number of hydrogen-bond donors (Lipinski definition) is 4. The summed E-state index contributed by atoms with van der Waals surface area (Å²) in [4.78, 5) is 28.5. The van der Waals surface area contributed by atoms with Crippen LogP contribution in [0, 0.1) is 11.6 Å². The topological polar surface area (TPSA) is 117 Å². The average molecular weight is 392 g/mol. The summed E-state index contributed by atoms with van der Waals surface area (Å²) < 4.78 is 26.6. The number of anilines is 1. The van der Waals surface area contributed by atoms with Gasteiger partial charge in [-0.3, -0.25) is 9.59 Å². The number of nitrogen functional groups attached to an aromatic ring is 1. The molecule has 0 radical (unpaired) electrons. The lowest BCUT2D eigenvalue weighted by molar-refractivity contribution is -0.134. The minimum absolute atomic E-state index is 0.0782. The van der Waals surface area contributed by atoms with Gasteiger partial charge in [-0.1, -0.05) is 19.1 Å². The number of hydrogen-bond acceptors (Lipinski definition) is 5. The normalized spacial score (nSPS) is 12.9. The number of aromatic nitrogens is 1. The Hall–Kier alpha value is -3.07. The van der Waals surface area contributed by atoms with E-state index in [2.05, 4.69) is 15.6 Å². The molecule has 0 aliphatic carbocycles. The monoisotopic (exact) mass is 392 g/mol. The van der Waals surface area contributed by atoms with Crippen molar-refractivity contribution in [3.05, 3.63) is 59.3 Å². The van der Waals surface area contributed by atoms with Crippen LogP contribution in [0.3, 0.4) is 0 Å². The maximum Gasteiger partial charge on any atom is 0.249 e. The van der Waals surface area contributed by atoms with Crippen LogP contribution >= 0.6 is 0 Å². The summed E-state index contributed by atoms with van der Waals surface area (Å²) in [5.41, 5.74) is 6.52. The zero-order valence-corrected chi connectivity index (χ0v) is 15.3. The molecule has 28 heavy (non-hydrogen) atoms. The van der Waals surface area contributed by atoms with Crippen molar-refractivity contribution < 1.29 is 23.5 Å². The van der Waals surface area contributed by atoms with Crippen molar-refractivity contribution in [2.75, 3.05) is 5.73 Å². The third-order valence-electron chi connectivity index (χ3n) is 4.06. The van der Waals surface area contributed by atoms with Gasteiger partial charge in [0.2, 0.25) is 11.8 Å². The fourth-order valence-corrected chi connectivity index (χ4v) is 2.42. The van der Waals surface area contributed by atoms with Crippen LogP contribution < -0.4 is 16.4 Å². The van der Waals surface area contributed by atoms with E-state index in [1.54, 1.807) is 19.1 Å². The number of benzene rings is 1. The van der Waals surface area contributed by atoms with Crippen LogP contribution in [0.15, 0.2) is 36.5 Å². The molecule has 0 aliphatic rings. The Labute approximate surface area is 161 Å². The highest BCUT2D eigenvalue weighted by atomic mass is 19.2. The second-order valence-electron chi connectivity index (χ2n) is 6.25. The van der Waals surface area contributed by atoms with Gasteiger partial charge < -0.3 is 21.5 Å². The lowest BCUT2D eigenvalue weighted by Gasteiger charge is -2.20. The van der Waals surface area contributed by atoms with Crippen LogP contribution in [-0.4, -0.2) is 34.1 Å². The molecule has 1 aromatic heterocycles. The second kappa shape index (κ2) is 9.75. The molecule has 0 unspecified atom stereocenters. The minimum Gasteiger partial charge on any atom is -0.384 e. The molecule has 2 amide bonds. The Morgan fingerprint density at radius 2 is 1.86 bits per heavy atom. The highest BCUT2D eigenvalue weighted by Crippen LogP contribution is 2.11. The number of nitrogens with one attached hydrogen (secondary N) is 2. The Kier molecular flexibility index (Phi) is 7.39. The lowest BCUT2D eigenvalue weighted by atomic mass is 10.0. The number of rotatable bonds is 8. The van der Waals surface area contributed by atoms with Crippen LogP contribution in [0.2, 0.25) is 0 Å². The summed E-state index contributed by atoms with van der Waals surface area (Å²) in [6, 6.07) is 5.42. The fourth-order valence-electron chi connectivity index (χ4n) is 2.42. The van der Waals surface area contributed by atoms with Gasteiger partial charge in [-0.25, -0.2) is 13.8 Å². The maximum atomic E-state index is 13.5. The molecule has 7 nitrogen and oxygen atoms in total. The van der Waals surface area contributed by atoms with E-state index in [-0.39, 0.29) is 19.4 Å². The molecular weight excluding hydrogens is 370 g/mol. The van der Waals surface area contributed by atoms with E-state index < -0.39 is 35.6 Å². The molecular formula is C19H22F2N4O3. The van der Waals surface area contributed by atoms with Gasteiger partial charge in [-0.15, -0.1) is 0 Å². The largest absolute Gasteiger partial charge is 0.384 e. The zero-order valence-electron chi connectivity index (χ0n) is 15.3. The van der Waals surface area contributed by atoms with Gasteiger partial charge in [0, 0.05) is 19.2 Å². The Balaban J connectivity index is 2.11. The number of nitrogens with two attached hydrogens (primary N) is 1. The Morgan fingerprint density at radius 3 is 2.46 bits per heavy atom. The number of amides is 2. The third-order valence-corrected chi connectivity index (χ3v) is 4.06. The molecule has 2 aromatic rings. The summed E-state index contributed by atoms with van der Waals surface area (Å²) in [6.45, 7) is 1.75. The van der Waals surface area contributed by atoms with Gasteiger partial charge in [-0.2, -0.15) is 0 Å². The molecule has 9 heteroatoms. The molecule has 1 aromatic carbocycles. The molecule has 0 fully saturated rings. The minimum atomic E-state index is -1.28. The average Bonchev–Trinajstić information content (AvgIpc) is 2.68. The molecule has 0 saturated heterocycles. The van der Waals surface area contributed by atoms with Crippen LogP contribution in [0.1, 0.15) is 24.5 Å². The SMILES string of the molecule is CC[C@@H](O)C(=O)N[C@@H](Cc1ccc(F)c(F)c1)C(=O)NCc1ccc(N)nc1. The van der Waals surface area contributed by atoms with Crippen molar-refractivity contribution >= 4 is 17.6 Å². The summed E-state index contributed by atoms with van der Waals surface area (Å²) in [5.74, 6) is -2.99. The van der Waals surface area contributed by atoms with Crippen LogP contribution in [-0.2, 0) is 22.6 Å². The van der Waals surface area contributed by atoms with Gasteiger partial charge >= 0.3 is 0 Å². The van der Waals surface area contributed by atoms with Crippen molar-refractivity contribution in [1.82, 2.24) is 15.6 Å². The van der Waals surface area contributed by atoms with Gasteiger partial charge in [0.1, 0.15) is 18.0 Å². The molecule has 0 saturated carbocycles. The summed E-state index contributed by atoms with van der Waals surface area (Å²) >= 11 is 0. The number of nitrogens with zero attached hydrogens (tertiary/aromatic N) is 1. The van der Waals surface area contributed by atoms with Crippen LogP contribution in [0.4, 0.5) is 14.6 Å². The number of carbonyl (C=O) groups is 2. The lowest BCUT2D eigenvalue weighted by Crippen LogP contribution is -2.50. The van der Waals surface area contributed by atoms with Crippen molar-refractivity contribution in [2.45, 2.75) is 38.5 Å². The summed E-state index contributed by atoms with van der Waals surface area (Å²) in [7, 11) is 0. The molecule has 2 rings (SSSR count). The number of carbonyl (C=O) groups excluding carboxylic acids is 2. The third kappa shape index (κ3) is 5.98. The van der Waals surface area contributed by atoms with Crippen molar-refractivity contribution in [2.24, 2.45) is 0 Å². The summed E-state index contributed by atoms with van der Waals surface area (Å²) in [5, 5.41) is 14.7. The van der Waals surface area contributed by atoms with E-state index in [1.807, 2.05) is 0 Å². The predicted molar refractivity (Wildman–Crippen MR) is 98.8 cm³/mol. The van der Waals surface area contributed by atoms with Crippen molar-refractivity contribution in [3.8, 4) is 0 Å². The quantitative estimate of drug-likeness (QED) is 0.536. The smallest absolute Gasteiger partial charge is 0.249 e. The Morgan fingerprint density at radius 1 is 1.14 bits per heavy atom. The number of halogens is 2. The van der Waals surface area contributed by atoms with Gasteiger partial charge in [-0.05, 0) is 35.7 Å². The fraction of sp³-hybridized carbons (Fsp3) is 0.316. The molecule has 0 spiro atoms. The van der Waals surface area contributed by atoms with E-state index >= 15 is 0 Å². The molecule has 150 valence electrons. The van der Waals surface area contributed by atoms with Gasteiger partial charge in [0.25, 0.3) is 0 Å². The number of pyridine rings is 1. The van der Waals surface area contributed by atoms with Gasteiger partial charge in [0.05, 0.1) is 0 Å². The molecule has 0 bridgehead atoms. The van der Waals surface area contributed by atoms with Crippen LogP contribution in [0.25, 0.3) is 0 Å². The zero-order chi connectivity index (χ0) is 20.7. The van der Waals surface area contributed by atoms with E-state index in [0.717, 1.165) is 12.1 Å². The first-order chi connectivity index (χ1) is 13.3.